The molecular weight excluding hydrogens is 436 g/mol. The first-order valence-corrected chi connectivity index (χ1v) is 7.23. The normalized spacial score (nSPS) is 14.4. The average Bonchev–Trinajstić information content (AvgIpc) is 2.02. The van der Waals surface area contributed by atoms with E-state index < -0.39 is 3.42 Å². The van der Waals surface area contributed by atoms with Gasteiger partial charge in [0.1, 0.15) is 4.83 Å². The third-order valence-corrected chi connectivity index (χ3v) is 5.83. The summed E-state index contributed by atoms with van der Waals surface area (Å²) in [5, 5.41) is 0.476. The van der Waals surface area contributed by atoms with E-state index in [1.807, 2.05) is 13.8 Å². The van der Waals surface area contributed by atoms with E-state index >= 15 is 0 Å². The van der Waals surface area contributed by atoms with Gasteiger partial charge < -0.3 is 4.74 Å². The van der Waals surface area contributed by atoms with E-state index in [9.17, 15) is 4.79 Å². The van der Waals surface area contributed by atoms with Crippen molar-refractivity contribution >= 4 is 69.7 Å². The van der Waals surface area contributed by atoms with Gasteiger partial charge in [0.25, 0.3) is 0 Å². The molecule has 0 saturated heterocycles. The highest BCUT2D eigenvalue weighted by molar-refractivity contribution is 9.26. The minimum Gasteiger partial charge on any atom is -0.435 e. The lowest BCUT2D eigenvalue weighted by Crippen LogP contribution is -2.30. The number of alkyl halides is 4. The summed E-state index contributed by atoms with van der Waals surface area (Å²) in [6, 6.07) is 0. The van der Waals surface area contributed by atoms with Crippen LogP contribution >= 0.6 is 63.7 Å². The van der Waals surface area contributed by atoms with E-state index in [1.54, 1.807) is 0 Å². The van der Waals surface area contributed by atoms with Crippen LogP contribution < -0.4 is 0 Å². The van der Waals surface area contributed by atoms with Gasteiger partial charge in [-0.25, -0.2) is 0 Å². The Hall–Kier alpha value is 1.39. The molecule has 1 unspecified atom stereocenters. The minimum absolute atomic E-state index is 0.207. The van der Waals surface area contributed by atoms with Gasteiger partial charge in [0, 0.05) is 0 Å². The molecule has 0 aliphatic rings. The van der Waals surface area contributed by atoms with Crippen LogP contribution in [-0.2, 0) is 9.53 Å². The fourth-order valence-corrected chi connectivity index (χ4v) is 1.03. The van der Waals surface area contributed by atoms with Crippen molar-refractivity contribution in [2.75, 3.05) is 5.33 Å². The van der Waals surface area contributed by atoms with E-state index in [1.165, 1.54) is 0 Å². The van der Waals surface area contributed by atoms with Crippen molar-refractivity contribution in [3.63, 3.8) is 0 Å². The van der Waals surface area contributed by atoms with E-state index in [-0.39, 0.29) is 16.7 Å². The molecule has 0 amide bonds. The largest absolute Gasteiger partial charge is 0.435 e. The van der Waals surface area contributed by atoms with Crippen molar-refractivity contribution in [1.82, 2.24) is 0 Å². The summed E-state index contributed by atoms with van der Waals surface area (Å²) in [4.78, 5) is 11.1. The van der Waals surface area contributed by atoms with Gasteiger partial charge in [0.15, 0.2) is 0 Å². The summed E-state index contributed by atoms with van der Waals surface area (Å²) in [5.74, 6) is -0.0816. The molecule has 0 aromatic rings. The predicted octanol–water partition coefficient (Wildman–Crippen LogP) is 3.79. The van der Waals surface area contributed by atoms with Crippen molar-refractivity contribution in [3.05, 3.63) is 0 Å². The quantitative estimate of drug-likeness (QED) is 0.486. The number of ether oxygens (including phenoxy) is 1. The Balaban J connectivity index is 4.15. The van der Waals surface area contributed by atoms with Crippen LogP contribution in [0, 0.1) is 5.92 Å². The molecule has 0 heterocycles. The maximum atomic E-state index is 11.4. The average molecular weight is 446 g/mol. The van der Waals surface area contributed by atoms with E-state index in [2.05, 4.69) is 63.7 Å². The highest BCUT2D eigenvalue weighted by Gasteiger charge is 2.30. The second-order valence-corrected chi connectivity index (χ2v) is 8.01. The predicted molar refractivity (Wildman–Crippen MR) is 68.0 cm³/mol. The maximum Gasteiger partial charge on any atom is 0.322 e. The second kappa shape index (κ2) is 6.08. The number of carbonyl (C=O) groups excluding carboxylic acids is 1. The van der Waals surface area contributed by atoms with Crippen LogP contribution in [0.4, 0.5) is 0 Å². The van der Waals surface area contributed by atoms with Crippen LogP contribution in [0.25, 0.3) is 0 Å². The van der Waals surface area contributed by atoms with Gasteiger partial charge in [-0.1, -0.05) is 45.7 Å². The maximum absolute atomic E-state index is 11.4. The van der Waals surface area contributed by atoms with Crippen molar-refractivity contribution in [1.29, 1.82) is 0 Å². The van der Waals surface area contributed by atoms with Crippen LogP contribution in [0.3, 0.4) is 0 Å². The summed E-state index contributed by atoms with van der Waals surface area (Å²) >= 11 is 12.9. The highest BCUT2D eigenvalue weighted by atomic mass is 79.9. The molecule has 0 spiro atoms. The van der Waals surface area contributed by atoms with Crippen molar-refractivity contribution in [2.24, 2.45) is 5.92 Å². The Morgan fingerprint density at radius 1 is 1.46 bits per heavy atom. The number of carbonyl (C=O) groups is 1. The lowest BCUT2D eigenvalue weighted by molar-refractivity contribution is -0.145. The molecule has 0 N–H and O–H groups in total. The molecule has 0 aliphatic heterocycles. The third-order valence-electron chi connectivity index (χ3n) is 1.22. The van der Waals surface area contributed by atoms with Gasteiger partial charge in [0.2, 0.25) is 3.42 Å². The Morgan fingerprint density at radius 2 is 1.92 bits per heavy atom. The number of rotatable bonds is 4. The molecule has 0 fully saturated rings. The summed E-state index contributed by atoms with van der Waals surface area (Å²) in [6.07, 6.45) is 0. The van der Waals surface area contributed by atoms with Gasteiger partial charge in [0.05, 0.1) is 5.33 Å². The number of hydrogen-bond acceptors (Lipinski definition) is 2. The minimum atomic E-state index is -0.808. The Kier molecular flexibility index (Phi) is 6.73. The molecule has 0 aromatic heterocycles. The zero-order chi connectivity index (χ0) is 10.6. The first-order chi connectivity index (χ1) is 5.80. The second-order valence-electron chi connectivity index (χ2n) is 2.84. The van der Waals surface area contributed by atoms with Crippen molar-refractivity contribution in [3.8, 4) is 0 Å². The molecule has 0 radical (unpaired) electrons. The van der Waals surface area contributed by atoms with Gasteiger partial charge in [-0.2, -0.15) is 0 Å². The standard InChI is InChI=1S/C7H10Br4O2/c1-4(2)5(9)6(12)13-7(10,11)3-8/h4-5H,3H2,1-2H3. The van der Waals surface area contributed by atoms with Crippen LogP contribution in [0.1, 0.15) is 13.8 Å². The molecule has 13 heavy (non-hydrogen) atoms. The van der Waals surface area contributed by atoms with Gasteiger partial charge in [-0.05, 0) is 37.8 Å². The highest BCUT2D eigenvalue weighted by Crippen LogP contribution is 2.31. The van der Waals surface area contributed by atoms with E-state index in [0.29, 0.717) is 5.33 Å². The number of hydrogen-bond donors (Lipinski definition) is 0. The third kappa shape index (κ3) is 5.74. The molecule has 0 aromatic carbocycles. The molecular formula is C7H10Br4O2. The zero-order valence-electron chi connectivity index (χ0n) is 7.19. The fourth-order valence-electron chi connectivity index (χ4n) is 0.503. The molecule has 0 rings (SSSR count). The van der Waals surface area contributed by atoms with Crippen molar-refractivity contribution < 1.29 is 9.53 Å². The topological polar surface area (TPSA) is 26.3 Å². The zero-order valence-corrected chi connectivity index (χ0v) is 13.5. The van der Waals surface area contributed by atoms with Crippen LogP contribution in [0.5, 0.6) is 0 Å². The number of esters is 1. The molecule has 2 nitrogen and oxygen atoms in total. The summed E-state index contributed by atoms with van der Waals surface area (Å²) in [7, 11) is 0. The Bertz CT molecular complexity index is 181. The van der Waals surface area contributed by atoms with Gasteiger partial charge in [-0.15, -0.1) is 0 Å². The fraction of sp³-hybridized carbons (Fsp3) is 0.857. The first kappa shape index (κ1) is 14.4. The van der Waals surface area contributed by atoms with Crippen molar-refractivity contribution in [2.45, 2.75) is 22.1 Å². The van der Waals surface area contributed by atoms with Crippen LogP contribution in [-0.4, -0.2) is 19.5 Å². The first-order valence-electron chi connectivity index (χ1n) is 3.61. The van der Waals surface area contributed by atoms with Gasteiger partial charge in [-0.3, -0.25) is 4.79 Å². The molecule has 0 aliphatic carbocycles. The molecule has 1 atom stereocenters. The van der Waals surface area contributed by atoms with Gasteiger partial charge >= 0.3 is 5.97 Å². The monoisotopic (exact) mass is 442 g/mol. The SMILES string of the molecule is CC(C)C(Br)C(=O)OC(Br)(Br)CBr. The van der Waals surface area contributed by atoms with E-state index in [0.717, 1.165) is 0 Å². The lowest BCUT2D eigenvalue weighted by atomic mass is 10.1. The molecule has 0 saturated carbocycles. The van der Waals surface area contributed by atoms with Crippen LogP contribution in [0.2, 0.25) is 0 Å². The molecule has 0 bridgehead atoms. The smallest absolute Gasteiger partial charge is 0.322 e. The summed E-state index contributed by atoms with van der Waals surface area (Å²) in [5.41, 5.74) is 0. The Labute approximate surface area is 112 Å². The summed E-state index contributed by atoms with van der Waals surface area (Å²) < 4.78 is 4.30. The number of halogens is 4. The molecule has 78 valence electrons. The van der Waals surface area contributed by atoms with E-state index in [4.69, 9.17) is 4.74 Å². The lowest BCUT2D eigenvalue weighted by Gasteiger charge is -2.21. The molecule has 6 heteroatoms. The Morgan fingerprint density at radius 3 is 2.23 bits per heavy atom. The summed E-state index contributed by atoms with van der Waals surface area (Å²) in [6.45, 7) is 3.89. The van der Waals surface area contributed by atoms with Crippen LogP contribution in [0.15, 0.2) is 0 Å².